The molecule has 0 aliphatic rings. The number of halogens is 1. The summed E-state index contributed by atoms with van der Waals surface area (Å²) in [5, 5.41) is 5.22. The molecule has 2 N–H and O–H groups in total. The average Bonchev–Trinajstić information content (AvgIpc) is 2.68. The van der Waals surface area contributed by atoms with Crippen LogP contribution in [0, 0.1) is 5.82 Å². The Morgan fingerprint density at radius 2 is 1.52 bits per heavy atom. The van der Waals surface area contributed by atoms with Gasteiger partial charge < -0.3 is 10.6 Å². The van der Waals surface area contributed by atoms with E-state index in [1.165, 1.54) is 48.5 Å². The molecule has 0 atom stereocenters. The molecule has 0 heterocycles. The fourth-order valence-electron chi connectivity index (χ4n) is 2.60. The van der Waals surface area contributed by atoms with Crippen molar-refractivity contribution in [3.8, 4) is 0 Å². The lowest BCUT2D eigenvalue weighted by Gasteiger charge is -2.12. The Balaban J connectivity index is 1.80. The van der Waals surface area contributed by atoms with Gasteiger partial charge in [0.25, 0.3) is 11.8 Å². The van der Waals surface area contributed by atoms with Crippen molar-refractivity contribution in [2.75, 3.05) is 16.9 Å². The van der Waals surface area contributed by atoms with Gasteiger partial charge in [0.1, 0.15) is 5.82 Å². The van der Waals surface area contributed by atoms with Crippen molar-refractivity contribution in [1.82, 2.24) is 0 Å². The van der Waals surface area contributed by atoms with E-state index < -0.39 is 27.5 Å². The summed E-state index contributed by atoms with van der Waals surface area (Å²) in [6.07, 6.45) is 1.08. The monoisotopic (exact) mass is 412 g/mol. The maximum Gasteiger partial charge on any atom is 0.257 e. The Labute approximate surface area is 167 Å². The van der Waals surface area contributed by atoms with Gasteiger partial charge in [0, 0.05) is 17.5 Å². The molecule has 2 amide bonds. The first kappa shape index (κ1) is 20.2. The number of sulfone groups is 1. The van der Waals surface area contributed by atoms with Gasteiger partial charge in [-0.15, -0.1) is 0 Å². The Bertz CT molecular complexity index is 1180. The zero-order valence-electron chi connectivity index (χ0n) is 15.3. The molecule has 148 valence electrons. The van der Waals surface area contributed by atoms with Crippen LogP contribution in [-0.4, -0.2) is 26.5 Å². The predicted molar refractivity (Wildman–Crippen MR) is 108 cm³/mol. The zero-order valence-corrected chi connectivity index (χ0v) is 16.2. The van der Waals surface area contributed by atoms with Crippen molar-refractivity contribution in [1.29, 1.82) is 0 Å². The summed E-state index contributed by atoms with van der Waals surface area (Å²) < 4.78 is 36.4. The topological polar surface area (TPSA) is 92.3 Å². The molecular weight excluding hydrogens is 395 g/mol. The number of amides is 2. The van der Waals surface area contributed by atoms with E-state index >= 15 is 0 Å². The quantitative estimate of drug-likeness (QED) is 0.668. The second-order valence-corrected chi connectivity index (χ2v) is 8.28. The van der Waals surface area contributed by atoms with E-state index in [0.717, 1.165) is 6.26 Å². The van der Waals surface area contributed by atoms with Crippen LogP contribution in [-0.2, 0) is 9.84 Å². The Hall–Kier alpha value is -3.52. The fraction of sp³-hybridized carbons (Fsp3) is 0.0476. The van der Waals surface area contributed by atoms with Gasteiger partial charge in [-0.3, -0.25) is 9.59 Å². The molecule has 0 radical (unpaired) electrons. The van der Waals surface area contributed by atoms with Crippen molar-refractivity contribution in [2.45, 2.75) is 4.90 Å². The van der Waals surface area contributed by atoms with Crippen LogP contribution in [0.5, 0.6) is 0 Å². The molecule has 0 aliphatic heterocycles. The second kappa shape index (κ2) is 8.24. The maximum atomic E-state index is 13.3. The van der Waals surface area contributed by atoms with Gasteiger partial charge in [-0.25, -0.2) is 12.8 Å². The van der Waals surface area contributed by atoms with Gasteiger partial charge in [-0.2, -0.15) is 0 Å². The van der Waals surface area contributed by atoms with Crippen molar-refractivity contribution in [2.24, 2.45) is 0 Å². The lowest BCUT2D eigenvalue weighted by atomic mass is 10.1. The number of carbonyl (C=O) groups is 2. The van der Waals surface area contributed by atoms with Crippen molar-refractivity contribution in [3.63, 3.8) is 0 Å². The number of anilines is 2. The van der Waals surface area contributed by atoms with E-state index in [2.05, 4.69) is 10.6 Å². The number of nitrogens with one attached hydrogen (secondary N) is 2. The number of carbonyl (C=O) groups excluding carboxylic acids is 2. The summed E-state index contributed by atoms with van der Waals surface area (Å²) in [4.78, 5) is 25.2. The molecule has 3 rings (SSSR count). The first-order chi connectivity index (χ1) is 13.7. The molecule has 0 fully saturated rings. The molecular formula is C21H17FN2O4S. The van der Waals surface area contributed by atoms with Gasteiger partial charge in [-0.05, 0) is 54.6 Å². The molecule has 8 heteroatoms. The Kier molecular flexibility index (Phi) is 5.74. The smallest absolute Gasteiger partial charge is 0.257 e. The average molecular weight is 412 g/mol. The third kappa shape index (κ3) is 5.05. The van der Waals surface area contributed by atoms with Crippen LogP contribution in [0.15, 0.2) is 77.7 Å². The van der Waals surface area contributed by atoms with Crippen molar-refractivity contribution >= 4 is 33.0 Å². The van der Waals surface area contributed by atoms with Gasteiger partial charge in [0.05, 0.1) is 16.1 Å². The highest BCUT2D eigenvalue weighted by Gasteiger charge is 2.15. The molecule has 3 aromatic rings. The van der Waals surface area contributed by atoms with Crippen LogP contribution in [0.3, 0.4) is 0 Å². The third-order valence-corrected chi connectivity index (χ3v) is 5.18. The summed E-state index contributed by atoms with van der Waals surface area (Å²) in [6, 6.07) is 17.3. The van der Waals surface area contributed by atoms with Crippen LogP contribution in [0.4, 0.5) is 15.8 Å². The Morgan fingerprint density at radius 3 is 2.17 bits per heavy atom. The highest BCUT2D eigenvalue weighted by molar-refractivity contribution is 7.90. The van der Waals surface area contributed by atoms with Crippen LogP contribution in [0.25, 0.3) is 0 Å². The third-order valence-electron chi connectivity index (χ3n) is 4.05. The van der Waals surface area contributed by atoms with E-state index in [4.69, 9.17) is 0 Å². The van der Waals surface area contributed by atoms with Crippen LogP contribution in [0.2, 0.25) is 0 Å². The summed E-state index contributed by atoms with van der Waals surface area (Å²) in [6.45, 7) is 0. The van der Waals surface area contributed by atoms with E-state index in [1.54, 1.807) is 24.3 Å². The molecule has 0 unspecified atom stereocenters. The first-order valence-electron chi connectivity index (χ1n) is 8.51. The number of hydrogen-bond acceptors (Lipinski definition) is 4. The van der Waals surface area contributed by atoms with Crippen molar-refractivity contribution < 1.29 is 22.4 Å². The van der Waals surface area contributed by atoms with Gasteiger partial charge in [-0.1, -0.05) is 18.2 Å². The second-order valence-electron chi connectivity index (χ2n) is 6.26. The summed E-state index contributed by atoms with van der Waals surface area (Å²) in [5.74, 6) is -1.50. The molecule has 0 aromatic heterocycles. The van der Waals surface area contributed by atoms with Gasteiger partial charge in [0.2, 0.25) is 0 Å². The van der Waals surface area contributed by atoms with Crippen LogP contribution in [0.1, 0.15) is 20.7 Å². The molecule has 0 spiro atoms. The largest absolute Gasteiger partial charge is 0.322 e. The minimum atomic E-state index is -3.37. The highest BCUT2D eigenvalue weighted by Crippen LogP contribution is 2.19. The van der Waals surface area contributed by atoms with E-state index in [-0.39, 0.29) is 27.4 Å². The van der Waals surface area contributed by atoms with Crippen LogP contribution < -0.4 is 10.6 Å². The van der Waals surface area contributed by atoms with Gasteiger partial charge >= 0.3 is 0 Å². The van der Waals surface area contributed by atoms with E-state index in [9.17, 15) is 22.4 Å². The van der Waals surface area contributed by atoms with Crippen molar-refractivity contribution in [3.05, 3.63) is 89.7 Å². The van der Waals surface area contributed by atoms with E-state index in [1.807, 2.05) is 0 Å². The number of hydrogen-bond donors (Lipinski definition) is 2. The number of rotatable bonds is 5. The summed E-state index contributed by atoms with van der Waals surface area (Å²) in [5.41, 5.74) is 0.974. The molecule has 3 aromatic carbocycles. The normalized spacial score (nSPS) is 11.0. The molecule has 0 aliphatic carbocycles. The summed E-state index contributed by atoms with van der Waals surface area (Å²) >= 11 is 0. The fourth-order valence-corrected chi connectivity index (χ4v) is 3.23. The molecule has 6 nitrogen and oxygen atoms in total. The highest BCUT2D eigenvalue weighted by atomic mass is 32.2. The first-order valence-corrected chi connectivity index (χ1v) is 10.4. The minimum absolute atomic E-state index is 0.101. The lowest BCUT2D eigenvalue weighted by Crippen LogP contribution is -2.18. The van der Waals surface area contributed by atoms with Gasteiger partial charge in [0.15, 0.2) is 9.84 Å². The zero-order chi connectivity index (χ0) is 21.0. The molecule has 29 heavy (non-hydrogen) atoms. The maximum absolute atomic E-state index is 13.3. The minimum Gasteiger partial charge on any atom is -0.322 e. The SMILES string of the molecule is CS(=O)(=O)c1ccc(C(=O)Nc2ccccc2C(=O)Nc2cccc(F)c2)cc1. The lowest BCUT2D eigenvalue weighted by molar-refractivity contribution is 0.102. The molecule has 0 saturated carbocycles. The van der Waals surface area contributed by atoms with E-state index in [0.29, 0.717) is 0 Å². The molecule has 0 saturated heterocycles. The predicted octanol–water partition coefficient (Wildman–Crippen LogP) is 3.73. The van der Waals surface area contributed by atoms with Crippen LogP contribution >= 0.6 is 0 Å². The molecule has 0 bridgehead atoms. The number of para-hydroxylation sites is 1. The summed E-state index contributed by atoms with van der Waals surface area (Å²) in [7, 11) is -3.37. The number of benzene rings is 3. The Morgan fingerprint density at radius 1 is 0.828 bits per heavy atom. The standard InChI is InChI=1S/C21H17FN2O4S/c1-29(27,28)17-11-9-14(10-12-17)20(25)24-19-8-3-2-7-18(19)21(26)23-16-6-4-5-15(22)13-16/h2-13H,1H3,(H,23,26)(H,24,25).